The molecule has 0 bridgehead atoms. The van der Waals surface area contributed by atoms with E-state index in [9.17, 15) is 49.1 Å². The third kappa shape index (κ3) is 8.77. The van der Waals surface area contributed by atoms with Crippen molar-refractivity contribution in [2.75, 3.05) is 11.9 Å². The van der Waals surface area contributed by atoms with Gasteiger partial charge < -0.3 is 20.7 Å². The third-order valence-electron chi connectivity index (χ3n) is 8.20. The number of anilines is 2. The molecule has 274 valence electrons. The highest BCUT2D eigenvalue weighted by Crippen LogP contribution is 2.39. The van der Waals surface area contributed by atoms with E-state index in [1.165, 1.54) is 23.7 Å². The van der Waals surface area contributed by atoms with Crippen molar-refractivity contribution in [3.05, 3.63) is 75.6 Å². The van der Waals surface area contributed by atoms with Crippen LogP contribution in [0, 0.1) is 11.7 Å². The Morgan fingerprint density at radius 1 is 1.00 bits per heavy atom. The Morgan fingerprint density at radius 3 is 2.33 bits per heavy atom. The summed E-state index contributed by atoms with van der Waals surface area (Å²) in [6, 6.07) is 6.99. The first kappa shape index (κ1) is 37.5. The molecule has 0 spiro atoms. The molecule has 1 fully saturated rings. The van der Waals surface area contributed by atoms with Crippen molar-refractivity contribution in [2.24, 2.45) is 13.0 Å². The maximum atomic E-state index is 14.2. The molecule has 19 heteroatoms. The van der Waals surface area contributed by atoms with Gasteiger partial charge in [-0.25, -0.2) is 18.2 Å². The summed E-state index contributed by atoms with van der Waals surface area (Å²) < 4.78 is 128. The first-order chi connectivity index (χ1) is 23.9. The number of rotatable bonds is 10. The second-order valence-corrected chi connectivity index (χ2v) is 12.1. The summed E-state index contributed by atoms with van der Waals surface area (Å²) in [4.78, 5) is 34.2. The Balaban J connectivity index is 1.42. The molecule has 2 aromatic carbocycles. The summed E-state index contributed by atoms with van der Waals surface area (Å²) in [7, 11) is 1.34. The number of nitrogens with one attached hydrogen (secondary N) is 3. The summed E-state index contributed by atoms with van der Waals surface area (Å²) in [6.45, 7) is -1.50. The van der Waals surface area contributed by atoms with E-state index in [-0.39, 0.29) is 65.5 Å². The highest BCUT2D eigenvalue weighted by atomic mass is 35.5. The van der Waals surface area contributed by atoms with Crippen molar-refractivity contribution in [3.8, 4) is 5.88 Å². The summed E-state index contributed by atoms with van der Waals surface area (Å²) in [5, 5.41) is 7.37. The topological polar surface area (TPSA) is 110 Å². The van der Waals surface area contributed by atoms with Crippen LogP contribution in [0.3, 0.4) is 0 Å². The third-order valence-corrected chi connectivity index (χ3v) is 8.52. The number of aromatic nitrogens is 3. The van der Waals surface area contributed by atoms with Gasteiger partial charge >= 0.3 is 12.4 Å². The fraction of sp³-hybridized carbons (Fsp3) is 0.375. The average molecular weight is 751 g/mol. The number of fused-ring (bicyclic) bond motifs is 1. The van der Waals surface area contributed by atoms with Crippen molar-refractivity contribution in [1.29, 1.82) is 0 Å². The lowest BCUT2D eigenvalue weighted by atomic mass is 9.85. The number of imidazole rings is 1. The molecule has 3 N–H and O–H groups in total. The second kappa shape index (κ2) is 14.9. The molecule has 5 rings (SSSR count). The Morgan fingerprint density at radius 2 is 1.71 bits per heavy atom. The first-order valence-electron chi connectivity index (χ1n) is 15.3. The largest absolute Gasteiger partial charge is 0.471 e. The predicted molar refractivity (Wildman–Crippen MR) is 167 cm³/mol. The minimum atomic E-state index is -4.87. The molecule has 0 unspecified atom stereocenters. The molecule has 0 aliphatic heterocycles. The van der Waals surface area contributed by atoms with Gasteiger partial charge in [-0.3, -0.25) is 14.2 Å². The smallest absolute Gasteiger partial charge is 0.418 e. The number of nitrogens with zero attached hydrogens (tertiary/aromatic N) is 3. The van der Waals surface area contributed by atoms with E-state index >= 15 is 0 Å². The van der Waals surface area contributed by atoms with Crippen LogP contribution in [0.1, 0.15) is 57.5 Å². The summed E-state index contributed by atoms with van der Waals surface area (Å²) in [5.41, 5.74) is -2.44. The van der Waals surface area contributed by atoms with Crippen molar-refractivity contribution in [1.82, 2.24) is 25.2 Å². The van der Waals surface area contributed by atoms with E-state index in [2.05, 4.69) is 25.9 Å². The Hall–Kier alpha value is -4.74. The minimum absolute atomic E-state index is 0.0115. The molecule has 1 aliphatic carbocycles. The maximum Gasteiger partial charge on any atom is 0.418 e. The molecule has 2 amide bonds. The molecular weight excluding hydrogens is 723 g/mol. The first-order valence-corrected chi connectivity index (χ1v) is 15.7. The Labute approximate surface area is 288 Å². The number of hydrogen-bond donors (Lipinski definition) is 3. The van der Waals surface area contributed by atoms with E-state index in [0.717, 1.165) is 30.3 Å². The fourth-order valence-corrected chi connectivity index (χ4v) is 5.86. The Bertz CT molecular complexity index is 1900. The van der Waals surface area contributed by atoms with Crippen LogP contribution < -0.4 is 20.7 Å². The number of amides is 2. The van der Waals surface area contributed by atoms with Crippen molar-refractivity contribution < 1.29 is 53.8 Å². The van der Waals surface area contributed by atoms with Gasteiger partial charge in [-0.2, -0.15) is 31.3 Å². The predicted octanol–water partition coefficient (Wildman–Crippen LogP) is 7.95. The van der Waals surface area contributed by atoms with Gasteiger partial charge in [0.25, 0.3) is 18.2 Å². The van der Waals surface area contributed by atoms with Gasteiger partial charge in [-0.1, -0.05) is 23.7 Å². The number of carbonyl (C=O) groups is 2. The van der Waals surface area contributed by atoms with E-state index in [0.29, 0.717) is 0 Å². The second-order valence-electron chi connectivity index (χ2n) is 11.7. The van der Waals surface area contributed by atoms with E-state index < -0.39 is 77.7 Å². The van der Waals surface area contributed by atoms with E-state index in [1.54, 1.807) is 0 Å². The van der Waals surface area contributed by atoms with Crippen LogP contribution in [0.5, 0.6) is 5.88 Å². The van der Waals surface area contributed by atoms with Crippen LogP contribution in [0.15, 0.2) is 42.5 Å². The summed E-state index contributed by atoms with van der Waals surface area (Å²) >= 11 is 5.92. The van der Waals surface area contributed by atoms with Gasteiger partial charge in [0.2, 0.25) is 11.8 Å². The molecule has 0 radical (unpaired) electrons. The number of carbonyl (C=O) groups excluding carboxylic acids is 2. The standard InChI is InChI=1S/C32H28ClF9N6O3/c1-48-26-23(12-18(29(47-26)51-14-24(35)36)27(49)44-17-8-6-16(7-9-17)31(37,38)39)46-30(48)45-22-11-15(5-10-19(22)32(40,41)42)13-43-28(50)25-20(33)3-2-4-21(25)34/h2-5,10-12,16-17,24H,6-9,13-14H2,1H3,(H,43,50)(H,44,49)(H,45,46)/t16-,17-. The zero-order valence-corrected chi connectivity index (χ0v) is 27.1. The lowest BCUT2D eigenvalue weighted by Gasteiger charge is -2.30. The van der Waals surface area contributed by atoms with Crippen LogP contribution >= 0.6 is 11.6 Å². The van der Waals surface area contributed by atoms with Gasteiger partial charge in [0, 0.05) is 19.6 Å². The van der Waals surface area contributed by atoms with Crippen molar-refractivity contribution in [3.63, 3.8) is 0 Å². The van der Waals surface area contributed by atoms with E-state index in [4.69, 9.17) is 16.3 Å². The van der Waals surface area contributed by atoms with Crippen LogP contribution in [0.4, 0.5) is 51.1 Å². The van der Waals surface area contributed by atoms with Crippen molar-refractivity contribution >= 4 is 46.2 Å². The zero-order chi connectivity index (χ0) is 37.2. The molecule has 51 heavy (non-hydrogen) atoms. The molecule has 0 atom stereocenters. The van der Waals surface area contributed by atoms with Crippen LogP contribution in [-0.2, 0) is 19.8 Å². The average Bonchev–Trinajstić information content (AvgIpc) is 3.34. The monoisotopic (exact) mass is 750 g/mol. The number of halogens is 10. The molecule has 4 aromatic rings. The highest BCUT2D eigenvalue weighted by Gasteiger charge is 2.42. The minimum Gasteiger partial charge on any atom is -0.471 e. The maximum absolute atomic E-state index is 14.2. The Kier molecular flexibility index (Phi) is 10.9. The fourth-order valence-electron chi connectivity index (χ4n) is 5.61. The molecule has 0 saturated heterocycles. The summed E-state index contributed by atoms with van der Waals surface area (Å²) in [5.74, 6) is -4.99. The van der Waals surface area contributed by atoms with Crippen LogP contribution in [0.2, 0.25) is 5.02 Å². The molecule has 2 heterocycles. The van der Waals surface area contributed by atoms with E-state index in [1.807, 2.05) is 0 Å². The molecular formula is C32H28ClF9N6O3. The van der Waals surface area contributed by atoms with Gasteiger partial charge in [0.15, 0.2) is 12.3 Å². The quantitative estimate of drug-likeness (QED) is 0.142. The number of ether oxygens (including phenoxy) is 1. The van der Waals surface area contributed by atoms with Crippen LogP contribution in [0.25, 0.3) is 11.2 Å². The molecule has 1 saturated carbocycles. The van der Waals surface area contributed by atoms with Crippen LogP contribution in [-0.4, -0.2) is 51.6 Å². The molecule has 1 aliphatic rings. The number of hydrogen-bond acceptors (Lipinski definition) is 6. The lowest BCUT2D eigenvalue weighted by Crippen LogP contribution is -2.40. The van der Waals surface area contributed by atoms with Gasteiger partial charge in [-0.05, 0) is 61.6 Å². The highest BCUT2D eigenvalue weighted by molar-refractivity contribution is 6.33. The lowest BCUT2D eigenvalue weighted by molar-refractivity contribution is -0.182. The molecule has 2 aromatic heterocycles. The van der Waals surface area contributed by atoms with Gasteiger partial charge in [0.1, 0.15) is 16.9 Å². The van der Waals surface area contributed by atoms with Gasteiger partial charge in [0.05, 0.1) is 27.8 Å². The normalized spacial score (nSPS) is 16.7. The van der Waals surface area contributed by atoms with Crippen molar-refractivity contribution in [2.45, 2.75) is 57.0 Å². The summed E-state index contributed by atoms with van der Waals surface area (Å²) in [6.07, 6.45) is -12.6. The SMILES string of the molecule is Cn1c(Nc2cc(CNC(=O)c3c(F)cccc3Cl)ccc2C(F)(F)F)nc2cc(C(=O)N[C@H]3CC[C@H](C(F)(F)F)CC3)c(OCC(F)F)nc21. The number of benzene rings is 2. The van der Waals surface area contributed by atoms with Gasteiger partial charge in [-0.15, -0.1) is 0 Å². The number of aryl methyl sites for hydroxylation is 1. The zero-order valence-electron chi connectivity index (χ0n) is 26.4. The number of pyridine rings is 1. The molecule has 9 nitrogen and oxygen atoms in total. The number of alkyl halides is 8.